The fourth-order valence-corrected chi connectivity index (χ4v) is 2.73. The number of urea groups is 1. The molecule has 108 valence electrons. The van der Waals surface area contributed by atoms with E-state index < -0.39 is 5.97 Å². The Balaban J connectivity index is 1.74. The predicted octanol–water partition coefficient (Wildman–Crippen LogP) is 1.88. The van der Waals surface area contributed by atoms with Gasteiger partial charge in [-0.1, -0.05) is 37.3 Å². The van der Waals surface area contributed by atoms with Gasteiger partial charge in [0, 0.05) is 12.6 Å². The molecule has 1 aromatic carbocycles. The van der Waals surface area contributed by atoms with E-state index in [1.165, 1.54) is 5.56 Å². The molecule has 1 aliphatic rings. The minimum Gasteiger partial charge on any atom is -0.481 e. The molecule has 0 unspecified atom stereocenters. The molecule has 0 bridgehead atoms. The molecule has 3 N–H and O–H groups in total. The molecule has 0 spiro atoms. The van der Waals surface area contributed by atoms with Crippen LogP contribution in [-0.2, 0) is 10.2 Å². The minimum absolute atomic E-state index is 0.0557. The van der Waals surface area contributed by atoms with E-state index in [4.69, 9.17) is 5.11 Å². The van der Waals surface area contributed by atoms with Gasteiger partial charge in [-0.2, -0.15) is 0 Å². The SMILES string of the molecule is CC1(c2ccccc2)CC(NC(=O)NCCC(=O)O)C1. The molecule has 1 aromatic rings. The van der Waals surface area contributed by atoms with Crippen LogP contribution in [0.15, 0.2) is 30.3 Å². The number of carbonyl (C=O) groups is 2. The maximum absolute atomic E-state index is 11.6. The van der Waals surface area contributed by atoms with E-state index in [0.29, 0.717) is 0 Å². The van der Waals surface area contributed by atoms with Crippen molar-refractivity contribution in [2.75, 3.05) is 6.54 Å². The average Bonchev–Trinajstić information content (AvgIpc) is 2.37. The topological polar surface area (TPSA) is 78.4 Å². The van der Waals surface area contributed by atoms with Crippen LogP contribution in [0.3, 0.4) is 0 Å². The second-order valence-corrected chi connectivity index (χ2v) is 5.58. The molecule has 0 radical (unpaired) electrons. The maximum atomic E-state index is 11.6. The zero-order valence-corrected chi connectivity index (χ0v) is 11.6. The first-order valence-corrected chi connectivity index (χ1v) is 6.81. The number of benzene rings is 1. The Morgan fingerprint density at radius 3 is 2.55 bits per heavy atom. The van der Waals surface area contributed by atoms with Gasteiger partial charge in [-0.05, 0) is 23.8 Å². The summed E-state index contributed by atoms with van der Waals surface area (Å²) >= 11 is 0. The molecule has 5 heteroatoms. The van der Waals surface area contributed by atoms with Gasteiger partial charge in [0.1, 0.15) is 0 Å². The summed E-state index contributed by atoms with van der Waals surface area (Å²) in [7, 11) is 0. The highest BCUT2D eigenvalue weighted by molar-refractivity contribution is 5.75. The van der Waals surface area contributed by atoms with Crippen LogP contribution in [0.25, 0.3) is 0 Å². The fourth-order valence-electron chi connectivity index (χ4n) is 2.73. The van der Waals surface area contributed by atoms with Crippen molar-refractivity contribution in [3.63, 3.8) is 0 Å². The van der Waals surface area contributed by atoms with Gasteiger partial charge >= 0.3 is 12.0 Å². The zero-order valence-electron chi connectivity index (χ0n) is 11.6. The standard InChI is InChI=1S/C15H20N2O3/c1-15(11-5-3-2-4-6-11)9-12(10-15)17-14(20)16-8-7-13(18)19/h2-6,12H,7-10H2,1H3,(H,18,19)(H2,16,17,20). The number of carboxylic acids is 1. The molecule has 0 aromatic heterocycles. The number of hydrogen-bond acceptors (Lipinski definition) is 2. The Morgan fingerprint density at radius 1 is 1.30 bits per heavy atom. The van der Waals surface area contributed by atoms with Crippen LogP contribution in [0.5, 0.6) is 0 Å². The van der Waals surface area contributed by atoms with Crippen molar-refractivity contribution < 1.29 is 14.7 Å². The number of nitrogens with one attached hydrogen (secondary N) is 2. The molecule has 0 saturated heterocycles. The van der Waals surface area contributed by atoms with Gasteiger partial charge in [0.05, 0.1) is 6.42 Å². The Hall–Kier alpha value is -2.04. The van der Waals surface area contributed by atoms with Crippen molar-refractivity contribution in [3.05, 3.63) is 35.9 Å². The van der Waals surface area contributed by atoms with Gasteiger partial charge in [0.25, 0.3) is 0 Å². The summed E-state index contributed by atoms with van der Waals surface area (Å²) in [4.78, 5) is 21.9. The third-order valence-electron chi connectivity index (χ3n) is 3.82. The van der Waals surface area contributed by atoms with E-state index in [1.807, 2.05) is 18.2 Å². The molecule has 0 heterocycles. The second kappa shape index (κ2) is 5.94. The zero-order chi connectivity index (χ0) is 14.6. The number of rotatable bonds is 5. The van der Waals surface area contributed by atoms with Crippen molar-refractivity contribution >= 4 is 12.0 Å². The summed E-state index contributed by atoms with van der Waals surface area (Å²) in [6, 6.07) is 10.2. The van der Waals surface area contributed by atoms with Crippen LogP contribution < -0.4 is 10.6 Å². The van der Waals surface area contributed by atoms with Gasteiger partial charge in [-0.25, -0.2) is 4.79 Å². The van der Waals surface area contributed by atoms with E-state index in [9.17, 15) is 9.59 Å². The van der Waals surface area contributed by atoms with Crippen LogP contribution in [-0.4, -0.2) is 29.7 Å². The number of carboxylic acid groups (broad SMARTS) is 1. The van der Waals surface area contributed by atoms with Crippen molar-refractivity contribution in [3.8, 4) is 0 Å². The van der Waals surface area contributed by atoms with E-state index >= 15 is 0 Å². The Kier molecular flexibility index (Phi) is 4.27. The highest BCUT2D eigenvalue weighted by Gasteiger charge is 2.41. The van der Waals surface area contributed by atoms with Gasteiger partial charge in [0.15, 0.2) is 0 Å². The van der Waals surface area contributed by atoms with Crippen molar-refractivity contribution in [2.45, 2.75) is 37.6 Å². The quantitative estimate of drug-likeness (QED) is 0.768. The van der Waals surface area contributed by atoms with Gasteiger partial charge in [-0.15, -0.1) is 0 Å². The van der Waals surface area contributed by atoms with Crippen molar-refractivity contribution in [1.82, 2.24) is 10.6 Å². The highest BCUT2D eigenvalue weighted by atomic mass is 16.4. The second-order valence-electron chi connectivity index (χ2n) is 5.58. The summed E-state index contributed by atoms with van der Waals surface area (Å²) in [6.45, 7) is 2.35. The molecule has 2 amide bonds. The fraction of sp³-hybridized carbons (Fsp3) is 0.467. The van der Waals surface area contributed by atoms with Gasteiger partial charge < -0.3 is 15.7 Å². The first-order chi connectivity index (χ1) is 9.49. The van der Waals surface area contributed by atoms with Crippen LogP contribution in [0.1, 0.15) is 31.7 Å². The van der Waals surface area contributed by atoms with E-state index in [0.717, 1.165) is 12.8 Å². The summed E-state index contributed by atoms with van der Waals surface area (Å²) in [5, 5.41) is 13.9. The van der Waals surface area contributed by atoms with Crippen molar-refractivity contribution in [2.24, 2.45) is 0 Å². The molecular weight excluding hydrogens is 256 g/mol. The van der Waals surface area contributed by atoms with Crippen LogP contribution in [0.4, 0.5) is 4.79 Å². The molecule has 1 saturated carbocycles. The Morgan fingerprint density at radius 2 is 1.95 bits per heavy atom. The third kappa shape index (κ3) is 3.50. The lowest BCUT2D eigenvalue weighted by Crippen LogP contribution is -2.54. The minimum atomic E-state index is -0.911. The Bertz CT molecular complexity index is 481. The third-order valence-corrected chi connectivity index (χ3v) is 3.82. The molecule has 5 nitrogen and oxygen atoms in total. The summed E-state index contributed by atoms with van der Waals surface area (Å²) in [6.07, 6.45) is 1.76. The first kappa shape index (κ1) is 14.4. The number of amides is 2. The summed E-state index contributed by atoms with van der Waals surface area (Å²) < 4.78 is 0. The molecular formula is C15H20N2O3. The van der Waals surface area contributed by atoms with E-state index in [1.54, 1.807) is 0 Å². The lowest BCUT2D eigenvalue weighted by molar-refractivity contribution is -0.136. The van der Waals surface area contributed by atoms with Crippen LogP contribution in [0, 0.1) is 0 Å². The van der Waals surface area contributed by atoms with Crippen LogP contribution >= 0.6 is 0 Å². The average molecular weight is 276 g/mol. The van der Waals surface area contributed by atoms with E-state index in [-0.39, 0.29) is 30.5 Å². The Labute approximate surface area is 118 Å². The predicted molar refractivity (Wildman–Crippen MR) is 75.6 cm³/mol. The first-order valence-electron chi connectivity index (χ1n) is 6.81. The van der Waals surface area contributed by atoms with E-state index in [2.05, 4.69) is 29.7 Å². The summed E-state index contributed by atoms with van der Waals surface area (Å²) in [5.74, 6) is -0.911. The lowest BCUT2D eigenvalue weighted by atomic mass is 9.63. The number of hydrogen-bond donors (Lipinski definition) is 3. The molecule has 1 aliphatic carbocycles. The molecule has 2 rings (SSSR count). The summed E-state index contributed by atoms with van der Waals surface area (Å²) in [5.41, 5.74) is 1.42. The molecule has 20 heavy (non-hydrogen) atoms. The van der Waals surface area contributed by atoms with Crippen molar-refractivity contribution in [1.29, 1.82) is 0 Å². The van der Waals surface area contributed by atoms with Gasteiger partial charge in [-0.3, -0.25) is 4.79 Å². The van der Waals surface area contributed by atoms with Gasteiger partial charge in [0.2, 0.25) is 0 Å². The normalized spacial score (nSPS) is 24.6. The number of aliphatic carboxylic acids is 1. The molecule has 1 fully saturated rings. The molecule has 0 aliphatic heterocycles. The highest BCUT2D eigenvalue weighted by Crippen LogP contribution is 2.43. The smallest absolute Gasteiger partial charge is 0.315 e. The largest absolute Gasteiger partial charge is 0.481 e. The maximum Gasteiger partial charge on any atom is 0.315 e. The monoisotopic (exact) mass is 276 g/mol. The molecule has 0 atom stereocenters. The van der Waals surface area contributed by atoms with Crippen LogP contribution in [0.2, 0.25) is 0 Å². The lowest BCUT2D eigenvalue weighted by Gasteiger charge is -2.46. The number of carbonyl (C=O) groups excluding carboxylic acids is 1.